The third-order valence-electron chi connectivity index (χ3n) is 2.90. The van der Waals surface area contributed by atoms with E-state index in [1.807, 2.05) is 24.3 Å². The lowest BCUT2D eigenvalue weighted by Crippen LogP contribution is -1.84. The molecule has 0 aliphatic carbocycles. The van der Waals surface area contributed by atoms with Crippen LogP contribution in [0.15, 0.2) is 40.6 Å². The van der Waals surface area contributed by atoms with Crippen molar-refractivity contribution in [2.75, 3.05) is 0 Å². The second-order valence-electron chi connectivity index (χ2n) is 4.33. The van der Waals surface area contributed by atoms with Crippen LogP contribution in [-0.4, -0.2) is 20.8 Å². The Morgan fingerprint density at radius 1 is 1.29 bits per heavy atom. The van der Waals surface area contributed by atoms with Crippen molar-refractivity contribution in [3.8, 4) is 5.75 Å². The molecule has 6 nitrogen and oxygen atoms in total. The Labute approximate surface area is 124 Å². The van der Waals surface area contributed by atoms with Gasteiger partial charge in [0.05, 0.1) is 5.56 Å². The molecule has 1 aromatic heterocycles. The molecular weight excluding hydrogens is 288 g/mol. The van der Waals surface area contributed by atoms with Crippen LogP contribution in [0.2, 0.25) is 0 Å². The fourth-order valence-corrected chi connectivity index (χ4v) is 2.45. The molecular formula is C14H10N4O2S. The number of aldehydes is 1. The van der Waals surface area contributed by atoms with Crippen molar-refractivity contribution in [3.05, 3.63) is 41.7 Å². The van der Waals surface area contributed by atoms with Gasteiger partial charge in [-0.25, -0.2) is 4.98 Å². The lowest BCUT2D eigenvalue weighted by Gasteiger charge is -2.06. The van der Waals surface area contributed by atoms with Gasteiger partial charge in [-0.05, 0) is 18.4 Å². The molecule has 21 heavy (non-hydrogen) atoms. The maximum atomic E-state index is 11.0. The first kappa shape index (κ1) is 13.3. The summed E-state index contributed by atoms with van der Waals surface area (Å²) in [6, 6.07) is 8.95. The minimum atomic E-state index is -0.186. The molecule has 3 aromatic rings. The fourth-order valence-electron chi connectivity index (χ4n) is 1.95. The number of nitrogens with zero attached hydrogens (tertiary/aromatic N) is 4. The summed E-state index contributed by atoms with van der Waals surface area (Å²) in [7, 11) is 0. The number of rotatable bonds is 3. The molecule has 0 aliphatic heterocycles. The van der Waals surface area contributed by atoms with E-state index in [2.05, 4.69) is 19.6 Å². The number of hydrogen-bond donors (Lipinski definition) is 1. The molecule has 2 aromatic carbocycles. The highest BCUT2D eigenvalue weighted by Gasteiger charge is 2.12. The summed E-state index contributed by atoms with van der Waals surface area (Å²) in [6.07, 6.45) is 0.593. The van der Waals surface area contributed by atoms with E-state index in [9.17, 15) is 9.90 Å². The SMILES string of the molecule is Cc1nsc(/N=N/c2c(O)c(C=O)cc3ccccc23)n1. The predicted octanol–water partition coefficient (Wildman–Crippen LogP) is 3.93. The van der Waals surface area contributed by atoms with Crippen LogP contribution in [0.3, 0.4) is 0 Å². The number of carbonyl (C=O) groups excluding carboxylic acids is 1. The first-order valence-corrected chi connectivity index (χ1v) is 6.88. The smallest absolute Gasteiger partial charge is 0.249 e. The Balaban J connectivity index is 2.18. The molecule has 0 radical (unpaired) electrons. The standard InChI is InChI=1S/C14H10N4O2S/c1-8-15-14(21-18-8)17-16-12-11-5-3-2-4-9(11)6-10(7-19)13(12)20/h2-7,20H,1H3/b17-16+. The molecule has 0 bridgehead atoms. The van der Waals surface area contributed by atoms with Gasteiger partial charge in [0.15, 0.2) is 12.0 Å². The number of aryl methyl sites for hydroxylation is 1. The normalized spacial score (nSPS) is 11.3. The number of carbonyl (C=O) groups is 1. The molecule has 0 atom stereocenters. The molecule has 3 rings (SSSR count). The van der Waals surface area contributed by atoms with Gasteiger partial charge in [-0.3, -0.25) is 4.79 Å². The number of aromatic hydroxyl groups is 1. The van der Waals surface area contributed by atoms with Gasteiger partial charge in [0.1, 0.15) is 11.5 Å². The summed E-state index contributed by atoms with van der Waals surface area (Å²) in [5.41, 5.74) is 0.430. The van der Waals surface area contributed by atoms with E-state index in [0.717, 1.165) is 16.9 Å². The van der Waals surface area contributed by atoms with E-state index in [1.54, 1.807) is 13.0 Å². The number of aromatic nitrogens is 2. The third-order valence-corrected chi connectivity index (χ3v) is 3.60. The van der Waals surface area contributed by atoms with Crippen LogP contribution in [0.4, 0.5) is 10.8 Å². The first-order valence-electron chi connectivity index (χ1n) is 6.11. The van der Waals surface area contributed by atoms with Crippen molar-refractivity contribution in [3.63, 3.8) is 0 Å². The zero-order valence-corrected chi connectivity index (χ0v) is 11.8. The second kappa shape index (κ2) is 5.37. The van der Waals surface area contributed by atoms with Crippen molar-refractivity contribution in [1.29, 1.82) is 0 Å². The summed E-state index contributed by atoms with van der Waals surface area (Å²) in [5, 5.41) is 20.1. The highest BCUT2D eigenvalue weighted by molar-refractivity contribution is 7.09. The first-order chi connectivity index (χ1) is 10.2. The van der Waals surface area contributed by atoms with Crippen molar-refractivity contribution in [2.24, 2.45) is 10.2 Å². The van der Waals surface area contributed by atoms with E-state index < -0.39 is 0 Å². The average molecular weight is 298 g/mol. The summed E-state index contributed by atoms with van der Waals surface area (Å²) < 4.78 is 4.01. The number of azo groups is 1. The molecule has 0 unspecified atom stereocenters. The highest BCUT2D eigenvalue weighted by atomic mass is 32.1. The van der Waals surface area contributed by atoms with Crippen molar-refractivity contribution in [1.82, 2.24) is 9.36 Å². The van der Waals surface area contributed by atoms with Gasteiger partial charge in [0.25, 0.3) is 0 Å². The van der Waals surface area contributed by atoms with Crippen LogP contribution in [0, 0.1) is 6.92 Å². The largest absolute Gasteiger partial charge is 0.505 e. The molecule has 0 aliphatic rings. The number of benzene rings is 2. The highest BCUT2D eigenvalue weighted by Crippen LogP contribution is 2.38. The van der Waals surface area contributed by atoms with E-state index in [0.29, 0.717) is 22.6 Å². The van der Waals surface area contributed by atoms with Gasteiger partial charge in [0.2, 0.25) is 5.13 Å². The van der Waals surface area contributed by atoms with Crippen LogP contribution in [0.25, 0.3) is 10.8 Å². The Morgan fingerprint density at radius 3 is 2.81 bits per heavy atom. The zero-order valence-electron chi connectivity index (χ0n) is 11.0. The lowest BCUT2D eigenvalue weighted by atomic mass is 10.0. The van der Waals surface area contributed by atoms with Crippen LogP contribution in [-0.2, 0) is 0 Å². The quantitative estimate of drug-likeness (QED) is 0.586. The lowest BCUT2D eigenvalue weighted by molar-refractivity contribution is 0.112. The van der Waals surface area contributed by atoms with Crippen molar-refractivity contribution >= 4 is 39.4 Å². The number of hydrogen-bond acceptors (Lipinski definition) is 7. The Hall–Kier alpha value is -2.67. The number of fused-ring (bicyclic) bond motifs is 1. The number of phenols is 1. The topological polar surface area (TPSA) is 87.8 Å². The van der Waals surface area contributed by atoms with Crippen LogP contribution in [0.1, 0.15) is 16.2 Å². The van der Waals surface area contributed by atoms with E-state index in [1.165, 1.54) is 0 Å². The Morgan fingerprint density at radius 2 is 2.10 bits per heavy atom. The molecule has 7 heteroatoms. The van der Waals surface area contributed by atoms with E-state index in [-0.39, 0.29) is 17.0 Å². The molecule has 0 fully saturated rings. The maximum Gasteiger partial charge on any atom is 0.249 e. The van der Waals surface area contributed by atoms with Crippen molar-refractivity contribution in [2.45, 2.75) is 6.92 Å². The van der Waals surface area contributed by atoms with Gasteiger partial charge in [0, 0.05) is 16.9 Å². The summed E-state index contributed by atoms with van der Waals surface area (Å²) in [5.74, 6) is 0.429. The minimum absolute atomic E-state index is 0.177. The van der Waals surface area contributed by atoms with Crippen molar-refractivity contribution < 1.29 is 9.90 Å². The van der Waals surface area contributed by atoms with Crippen LogP contribution >= 0.6 is 11.5 Å². The summed E-state index contributed by atoms with van der Waals surface area (Å²) in [4.78, 5) is 15.1. The van der Waals surface area contributed by atoms with Gasteiger partial charge in [-0.2, -0.15) is 4.37 Å². The molecule has 0 spiro atoms. The van der Waals surface area contributed by atoms with Crippen LogP contribution in [0.5, 0.6) is 5.75 Å². The maximum absolute atomic E-state index is 11.0. The Bertz CT molecular complexity index is 857. The van der Waals surface area contributed by atoms with E-state index >= 15 is 0 Å². The monoisotopic (exact) mass is 298 g/mol. The average Bonchev–Trinajstić information content (AvgIpc) is 2.91. The van der Waals surface area contributed by atoms with Gasteiger partial charge in [-0.1, -0.05) is 24.3 Å². The van der Waals surface area contributed by atoms with Gasteiger partial charge < -0.3 is 5.11 Å². The molecule has 1 N–H and O–H groups in total. The fraction of sp³-hybridized carbons (Fsp3) is 0.0714. The molecule has 1 heterocycles. The summed E-state index contributed by atoms with van der Waals surface area (Å²) >= 11 is 1.12. The molecule has 0 saturated carbocycles. The molecule has 104 valence electrons. The zero-order chi connectivity index (χ0) is 14.8. The van der Waals surface area contributed by atoms with Crippen LogP contribution < -0.4 is 0 Å². The minimum Gasteiger partial charge on any atom is -0.505 e. The third kappa shape index (κ3) is 2.50. The van der Waals surface area contributed by atoms with E-state index in [4.69, 9.17) is 0 Å². The second-order valence-corrected chi connectivity index (χ2v) is 5.06. The van der Waals surface area contributed by atoms with Gasteiger partial charge >= 0.3 is 0 Å². The summed E-state index contributed by atoms with van der Waals surface area (Å²) in [6.45, 7) is 1.76. The Kier molecular flexibility index (Phi) is 3.41. The number of phenolic OH excluding ortho intramolecular Hbond substituents is 1. The van der Waals surface area contributed by atoms with Gasteiger partial charge in [-0.15, -0.1) is 10.2 Å². The molecule has 0 amide bonds. The molecule has 0 saturated heterocycles. The predicted molar refractivity (Wildman–Crippen MR) is 79.8 cm³/mol.